The second-order valence-corrected chi connectivity index (χ2v) is 13.2. The van der Waals surface area contributed by atoms with Crippen molar-refractivity contribution in [3.63, 3.8) is 0 Å². The van der Waals surface area contributed by atoms with Crippen molar-refractivity contribution < 1.29 is 19.3 Å². The van der Waals surface area contributed by atoms with Crippen molar-refractivity contribution in [3.05, 3.63) is 55.8 Å². The molecule has 0 aliphatic heterocycles. The first kappa shape index (κ1) is 43.9. The molecule has 1 heterocycles. The zero-order valence-corrected chi connectivity index (χ0v) is 30.9. The molecule has 10 nitrogen and oxygen atoms in total. The molecule has 0 amide bonds. The molecule has 10 heteroatoms. The summed E-state index contributed by atoms with van der Waals surface area (Å²) in [4.78, 5) is 73.2. The van der Waals surface area contributed by atoms with Gasteiger partial charge in [0.1, 0.15) is 0 Å². The van der Waals surface area contributed by atoms with Crippen molar-refractivity contribution in [2.75, 3.05) is 0 Å². The first-order valence-corrected chi connectivity index (χ1v) is 19.6. The van der Waals surface area contributed by atoms with Crippen LogP contribution in [-0.4, -0.2) is 26.4 Å². The molecule has 1 aromatic heterocycles. The highest BCUT2D eigenvalue weighted by Gasteiger charge is 2.17. The maximum absolute atomic E-state index is 12.6. The number of hydrogen-bond acceptors (Lipinski definition) is 7. The molecule has 0 bridgehead atoms. The average Bonchev–Trinajstić information content (AvgIpc) is 3.08. The van der Waals surface area contributed by atoms with Gasteiger partial charge in [0.05, 0.1) is 0 Å². The van der Waals surface area contributed by atoms with Gasteiger partial charge in [-0.1, -0.05) is 150 Å². The van der Waals surface area contributed by atoms with Crippen molar-refractivity contribution >= 4 is 11.9 Å². The first-order chi connectivity index (χ1) is 23.9. The molecule has 0 spiro atoms. The van der Waals surface area contributed by atoms with Gasteiger partial charge in [-0.25, -0.2) is 24.0 Å². The molecule has 49 heavy (non-hydrogen) atoms. The zero-order valence-electron chi connectivity index (χ0n) is 30.9. The minimum absolute atomic E-state index is 0.0123. The fourth-order valence-corrected chi connectivity index (χ4v) is 5.59. The summed E-state index contributed by atoms with van der Waals surface area (Å²) in [5.41, 5.74) is -3.76. The van der Waals surface area contributed by atoms with Gasteiger partial charge in [-0.15, -0.1) is 0 Å². The van der Waals surface area contributed by atoms with Crippen LogP contribution in [0.15, 0.2) is 38.7 Å². The van der Waals surface area contributed by atoms with Crippen molar-refractivity contribution in [3.8, 4) is 0 Å². The van der Waals surface area contributed by atoms with E-state index in [0.717, 1.165) is 77.0 Å². The van der Waals surface area contributed by atoms with Gasteiger partial charge in [0.25, 0.3) is 0 Å². The molecule has 0 aromatic carbocycles. The SMILES string of the molecule is CCCCCCCC/C=C\CCCCCCCC(=O)On1c(=O)[nH]c(=O)n(OC(=O)CCCCCCC/C=C\CCCCCCCC)c1=O. The maximum atomic E-state index is 12.6. The minimum atomic E-state index is -1.34. The van der Waals surface area contributed by atoms with Gasteiger partial charge in [-0.3, -0.25) is 4.98 Å². The predicted octanol–water partition coefficient (Wildman–Crippen LogP) is 8.68. The summed E-state index contributed by atoms with van der Waals surface area (Å²) in [6, 6.07) is 0. The fourth-order valence-electron chi connectivity index (χ4n) is 5.59. The van der Waals surface area contributed by atoms with Crippen molar-refractivity contribution in [1.82, 2.24) is 14.4 Å². The van der Waals surface area contributed by atoms with E-state index in [-0.39, 0.29) is 22.3 Å². The van der Waals surface area contributed by atoms with Crippen LogP contribution < -0.4 is 26.7 Å². The third-order valence-corrected chi connectivity index (χ3v) is 8.60. The van der Waals surface area contributed by atoms with Crippen molar-refractivity contribution in [2.45, 2.75) is 194 Å². The number of H-pyrrole nitrogens is 1. The number of carbonyl (C=O) groups excluding carboxylic acids is 2. The number of rotatable bonds is 32. The zero-order chi connectivity index (χ0) is 35.8. The molecule has 0 unspecified atom stereocenters. The van der Waals surface area contributed by atoms with Crippen LogP contribution in [0.3, 0.4) is 0 Å². The lowest BCUT2D eigenvalue weighted by molar-refractivity contribution is -0.148. The Hall–Kier alpha value is -3.17. The van der Waals surface area contributed by atoms with Crippen LogP contribution in [0, 0.1) is 0 Å². The minimum Gasteiger partial charge on any atom is -0.327 e. The molecule has 1 N–H and O–H groups in total. The van der Waals surface area contributed by atoms with E-state index in [1.54, 1.807) is 0 Å². The Morgan fingerprint density at radius 1 is 0.469 bits per heavy atom. The van der Waals surface area contributed by atoms with E-state index in [9.17, 15) is 24.0 Å². The largest absolute Gasteiger partial charge is 0.404 e. The Morgan fingerprint density at radius 2 is 0.755 bits per heavy atom. The highest BCUT2D eigenvalue weighted by Crippen LogP contribution is 2.11. The van der Waals surface area contributed by atoms with Crippen LogP contribution in [0.2, 0.25) is 0 Å². The topological polar surface area (TPSA) is 129 Å². The van der Waals surface area contributed by atoms with Crippen LogP contribution in [0.4, 0.5) is 0 Å². The lowest BCUT2D eigenvalue weighted by Gasteiger charge is -2.08. The average molecular weight is 690 g/mol. The molecule has 0 atom stereocenters. The summed E-state index contributed by atoms with van der Waals surface area (Å²) < 4.78 is 0.243. The number of hydrogen-bond donors (Lipinski definition) is 1. The van der Waals surface area contributed by atoms with Gasteiger partial charge in [0, 0.05) is 12.8 Å². The highest BCUT2D eigenvalue weighted by molar-refractivity contribution is 5.70. The van der Waals surface area contributed by atoms with E-state index >= 15 is 0 Å². The lowest BCUT2D eigenvalue weighted by Crippen LogP contribution is -2.55. The molecule has 0 fully saturated rings. The number of aromatic amines is 1. The highest BCUT2D eigenvalue weighted by atomic mass is 16.7. The second kappa shape index (κ2) is 30.9. The van der Waals surface area contributed by atoms with E-state index in [4.69, 9.17) is 9.68 Å². The quantitative estimate of drug-likeness (QED) is 0.0592. The third kappa shape index (κ3) is 23.8. The number of unbranched alkanes of at least 4 members (excludes halogenated alkanes) is 22. The molecule has 0 aliphatic rings. The van der Waals surface area contributed by atoms with Gasteiger partial charge in [0.15, 0.2) is 0 Å². The molecular formula is C39H67N3O7. The molecular weight excluding hydrogens is 622 g/mol. The number of aromatic nitrogens is 3. The standard InChI is InChI=1S/C39H67N3O7/c1-3-5-7-9-11-13-15-17-19-21-23-25-27-29-31-33-35(43)48-41-37(45)40-38(46)42(39(41)47)49-36(44)34-32-30-28-26-24-22-20-18-16-14-12-10-8-6-4-2/h17-20H,3-16,21-34H2,1-2H3,(H,40,45,46)/b19-17-,20-18-. The van der Waals surface area contributed by atoms with Gasteiger partial charge in [-0.2, -0.15) is 0 Å². The molecule has 0 saturated heterocycles. The number of nitrogens with one attached hydrogen (secondary N) is 1. The van der Waals surface area contributed by atoms with E-state index in [1.165, 1.54) is 77.0 Å². The fraction of sp³-hybridized carbons (Fsp3) is 0.769. The Bertz CT molecular complexity index is 1140. The maximum Gasteiger partial charge on any atom is 0.404 e. The van der Waals surface area contributed by atoms with E-state index < -0.39 is 29.0 Å². The molecule has 0 radical (unpaired) electrons. The monoisotopic (exact) mass is 689 g/mol. The van der Waals surface area contributed by atoms with Crippen LogP contribution in [0.5, 0.6) is 0 Å². The summed E-state index contributed by atoms with van der Waals surface area (Å²) in [7, 11) is 0. The Balaban J connectivity index is 2.22. The molecule has 0 aliphatic carbocycles. The molecule has 280 valence electrons. The summed E-state index contributed by atoms with van der Waals surface area (Å²) in [6.45, 7) is 4.47. The van der Waals surface area contributed by atoms with Crippen LogP contribution >= 0.6 is 0 Å². The second-order valence-electron chi connectivity index (χ2n) is 13.2. The molecule has 0 saturated carbocycles. The Labute approximate surface area is 294 Å². The van der Waals surface area contributed by atoms with Crippen LogP contribution in [0.1, 0.15) is 194 Å². The normalized spacial score (nSPS) is 11.6. The van der Waals surface area contributed by atoms with Gasteiger partial charge in [-0.05, 0) is 64.2 Å². The molecule has 1 aromatic rings. The lowest BCUT2D eigenvalue weighted by atomic mass is 10.1. The van der Waals surface area contributed by atoms with Gasteiger partial charge >= 0.3 is 29.0 Å². The summed E-state index contributed by atoms with van der Waals surface area (Å²) in [5, 5.41) is 0. The number of allylic oxidation sites excluding steroid dienone is 4. The van der Waals surface area contributed by atoms with Crippen LogP contribution in [-0.2, 0) is 9.59 Å². The molecule has 1 rings (SSSR count). The smallest absolute Gasteiger partial charge is 0.327 e. The Morgan fingerprint density at radius 3 is 1.08 bits per heavy atom. The summed E-state index contributed by atoms with van der Waals surface area (Å²) >= 11 is 0. The summed E-state index contributed by atoms with van der Waals surface area (Å²) in [5.74, 6) is -1.56. The summed E-state index contributed by atoms with van der Waals surface area (Å²) in [6.07, 6.45) is 38.2. The third-order valence-electron chi connectivity index (χ3n) is 8.60. The van der Waals surface area contributed by atoms with Crippen molar-refractivity contribution in [2.24, 2.45) is 0 Å². The van der Waals surface area contributed by atoms with E-state index in [1.807, 2.05) is 4.98 Å². The van der Waals surface area contributed by atoms with Crippen LogP contribution in [0.25, 0.3) is 0 Å². The first-order valence-electron chi connectivity index (χ1n) is 19.6. The van der Waals surface area contributed by atoms with Gasteiger partial charge < -0.3 is 9.68 Å². The Kier molecular flexibility index (Phi) is 27.6. The van der Waals surface area contributed by atoms with E-state index in [0.29, 0.717) is 12.8 Å². The number of nitrogens with zero attached hydrogens (tertiary/aromatic N) is 2. The van der Waals surface area contributed by atoms with E-state index in [2.05, 4.69) is 38.2 Å². The van der Waals surface area contributed by atoms with Gasteiger partial charge in [0.2, 0.25) is 0 Å². The van der Waals surface area contributed by atoms with Crippen molar-refractivity contribution in [1.29, 1.82) is 0 Å². The number of carbonyl (C=O) groups is 2. The predicted molar refractivity (Wildman–Crippen MR) is 198 cm³/mol.